The first kappa shape index (κ1) is 26.7. The molecule has 3 atom stereocenters. The maximum Gasteiger partial charge on any atom is 0.246 e. The first-order valence-electron chi connectivity index (χ1n) is 12.3. The second kappa shape index (κ2) is 9.62. The molecule has 1 saturated heterocycles. The fourth-order valence-electron chi connectivity index (χ4n) is 4.61. The molecule has 190 valence electrons. The molecule has 3 rings (SSSR count). The zero-order chi connectivity index (χ0) is 26.2. The zero-order valence-electron chi connectivity index (χ0n) is 21.6. The number of β-amino-alcohol motifs (C(OH)–C–C–N with tert-alkyl or cyclic N) is 1. The highest BCUT2D eigenvalue weighted by Gasteiger charge is 2.53. The van der Waals surface area contributed by atoms with Crippen molar-refractivity contribution in [2.24, 2.45) is 10.8 Å². The van der Waals surface area contributed by atoms with Gasteiger partial charge in [-0.2, -0.15) is 5.26 Å². The molecule has 1 aliphatic heterocycles. The molecular weight excluding hydrogens is 444 g/mol. The average molecular weight is 483 g/mol. The van der Waals surface area contributed by atoms with Gasteiger partial charge in [-0.25, -0.2) is 0 Å². The van der Waals surface area contributed by atoms with Gasteiger partial charge < -0.3 is 20.6 Å². The van der Waals surface area contributed by atoms with E-state index in [0.29, 0.717) is 19.4 Å². The number of likely N-dealkylation sites (tertiary alicyclic amines) is 1. The molecule has 1 saturated carbocycles. The maximum atomic E-state index is 13.6. The summed E-state index contributed by atoms with van der Waals surface area (Å²) in [6.07, 6.45) is 0.251. The van der Waals surface area contributed by atoms with E-state index in [0.717, 1.165) is 11.1 Å². The number of aliphatic hydroxyl groups is 1. The molecule has 1 aromatic carbocycles. The number of carbonyl (C=O) groups excluding carboxylic acids is 3. The van der Waals surface area contributed by atoms with E-state index >= 15 is 0 Å². The Morgan fingerprint density at radius 2 is 1.80 bits per heavy atom. The van der Waals surface area contributed by atoms with Gasteiger partial charge in [0.25, 0.3) is 0 Å². The van der Waals surface area contributed by atoms with Crippen molar-refractivity contribution in [3.8, 4) is 6.07 Å². The van der Waals surface area contributed by atoms with Crippen molar-refractivity contribution < 1.29 is 19.5 Å². The van der Waals surface area contributed by atoms with Gasteiger partial charge in [-0.15, -0.1) is 0 Å². The lowest BCUT2D eigenvalue weighted by atomic mass is 9.84. The quantitative estimate of drug-likeness (QED) is 0.575. The molecule has 8 nitrogen and oxygen atoms in total. The molecule has 1 aliphatic carbocycles. The monoisotopic (exact) mass is 482 g/mol. The van der Waals surface area contributed by atoms with Crippen LogP contribution < -0.4 is 10.6 Å². The molecule has 3 amide bonds. The second-order valence-corrected chi connectivity index (χ2v) is 12.0. The Balaban J connectivity index is 1.76. The molecule has 1 aromatic rings. The first-order valence-corrected chi connectivity index (χ1v) is 12.3. The Morgan fingerprint density at radius 1 is 1.17 bits per heavy atom. The number of amides is 3. The van der Waals surface area contributed by atoms with E-state index in [4.69, 9.17) is 0 Å². The highest BCUT2D eigenvalue weighted by atomic mass is 16.3. The van der Waals surface area contributed by atoms with E-state index in [9.17, 15) is 24.8 Å². The van der Waals surface area contributed by atoms with E-state index in [-0.39, 0.29) is 24.3 Å². The van der Waals surface area contributed by atoms with Crippen LogP contribution in [0.25, 0.3) is 0 Å². The topological polar surface area (TPSA) is 123 Å². The lowest BCUT2D eigenvalue weighted by Crippen LogP contribution is -2.58. The molecule has 35 heavy (non-hydrogen) atoms. The highest BCUT2D eigenvalue weighted by molar-refractivity contribution is 5.95. The smallest absolute Gasteiger partial charge is 0.246 e. The molecule has 2 fully saturated rings. The van der Waals surface area contributed by atoms with Crippen LogP contribution >= 0.6 is 0 Å². The molecule has 2 aliphatic rings. The van der Waals surface area contributed by atoms with Crippen molar-refractivity contribution in [1.82, 2.24) is 15.5 Å². The number of rotatable bonds is 6. The molecular formula is C27H38N4O4. The van der Waals surface area contributed by atoms with Crippen LogP contribution in [-0.2, 0) is 26.3 Å². The molecule has 0 spiro atoms. The molecule has 8 heteroatoms. The van der Waals surface area contributed by atoms with Gasteiger partial charge >= 0.3 is 0 Å². The van der Waals surface area contributed by atoms with Crippen LogP contribution in [0.2, 0.25) is 0 Å². The fraction of sp³-hybridized carbons (Fsp3) is 0.630. The minimum absolute atomic E-state index is 0.0152. The third-order valence-electron chi connectivity index (χ3n) is 6.93. The van der Waals surface area contributed by atoms with Crippen LogP contribution in [0.3, 0.4) is 0 Å². The van der Waals surface area contributed by atoms with Crippen molar-refractivity contribution in [3.63, 3.8) is 0 Å². The minimum atomic E-state index is -1.06. The van der Waals surface area contributed by atoms with E-state index in [2.05, 4.69) is 37.5 Å². The number of hydrogen-bond acceptors (Lipinski definition) is 5. The normalized spacial score (nSPS) is 22.2. The van der Waals surface area contributed by atoms with Crippen LogP contribution in [-0.4, -0.2) is 52.5 Å². The van der Waals surface area contributed by atoms with Crippen molar-refractivity contribution >= 4 is 17.7 Å². The Kier molecular flexibility index (Phi) is 7.33. The predicted molar refractivity (Wildman–Crippen MR) is 132 cm³/mol. The van der Waals surface area contributed by atoms with Gasteiger partial charge in [0.1, 0.15) is 17.5 Å². The van der Waals surface area contributed by atoms with Crippen molar-refractivity contribution in [3.05, 3.63) is 35.4 Å². The largest absolute Gasteiger partial charge is 0.391 e. The molecule has 3 unspecified atom stereocenters. The zero-order valence-corrected chi connectivity index (χ0v) is 21.6. The fourth-order valence-corrected chi connectivity index (χ4v) is 4.61. The summed E-state index contributed by atoms with van der Waals surface area (Å²) in [7, 11) is 0. The lowest BCUT2D eigenvalue weighted by Gasteiger charge is -2.35. The predicted octanol–water partition coefficient (Wildman–Crippen LogP) is 2.40. The van der Waals surface area contributed by atoms with Gasteiger partial charge in [-0.05, 0) is 34.8 Å². The number of aliphatic hydroxyl groups excluding tert-OH is 1. The van der Waals surface area contributed by atoms with Crippen LogP contribution in [0.4, 0.5) is 0 Å². The van der Waals surface area contributed by atoms with Crippen LogP contribution in [0.1, 0.15) is 71.9 Å². The lowest BCUT2D eigenvalue weighted by molar-refractivity contribution is -0.144. The Bertz CT molecular complexity index is 1030. The van der Waals surface area contributed by atoms with Gasteiger partial charge in [-0.1, -0.05) is 65.8 Å². The summed E-state index contributed by atoms with van der Waals surface area (Å²) in [5, 5.41) is 25.4. The summed E-state index contributed by atoms with van der Waals surface area (Å²) in [5.41, 5.74) is 0.315. The van der Waals surface area contributed by atoms with Crippen LogP contribution in [0, 0.1) is 22.2 Å². The second-order valence-electron chi connectivity index (χ2n) is 12.0. The van der Waals surface area contributed by atoms with Gasteiger partial charge in [0.15, 0.2) is 0 Å². The summed E-state index contributed by atoms with van der Waals surface area (Å²) in [5.74, 6) is -1.22. The van der Waals surface area contributed by atoms with E-state index < -0.39 is 40.8 Å². The van der Waals surface area contributed by atoms with E-state index in [1.54, 1.807) is 0 Å². The third kappa shape index (κ3) is 5.84. The standard InChI is InChI=1S/C27H38N4O4/c1-25(2,3)19-10-8-7-9-17(19)14-29-22(33)20-13-18(32)15-31(20)23(34)21(26(4,5)6)30-24(35)27(16-28)11-12-27/h7-10,18,20-21,32H,11-15H2,1-6H3,(H,29,33)(H,30,35). The van der Waals surface area contributed by atoms with Crippen molar-refractivity contribution in [2.75, 3.05) is 6.54 Å². The van der Waals surface area contributed by atoms with Crippen LogP contribution in [0.15, 0.2) is 24.3 Å². The van der Waals surface area contributed by atoms with Gasteiger partial charge in [0.05, 0.1) is 12.2 Å². The number of nitrogens with zero attached hydrogens (tertiary/aromatic N) is 2. The molecule has 3 N–H and O–H groups in total. The summed E-state index contributed by atoms with van der Waals surface area (Å²) in [6.45, 7) is 12.1. The number of nitrogens with one attached hydrogen (secondary N) is 2. The average Bonchev–Trinajstić information content (AvgIpc) is 3.48. The van der Waals surface area contributed by atoms with Gasteiger partial charge in [-0.3, -0.25) is 14.4 Å². The SMILES string of the molecule is CC(C)(C)c1ccccc1CNC(=O)C1CC(O)CN1C(=O)C(NC(=O)C1(C#N)CC1)C(C)(C)C. The summed E-state index contributed by atoms with van der Waals surface area (Å²) >= 11 is 0. The van der Waals surface area contributed by atoms with E-state index in [1.165, 1.54) is 4.90 Å². The highest BCUT2D eigenvalue weighted by Crippen LogP contribution is 2.45. The van der Waals surface area contributed by atoms with Crippen LogP contribution in [0.5, 0.6) is 0 Å². The van der Waals surface area contributed by atoms with Gasteiger partial charge in [0.2, 0.25) is 17.7 Å². The first-order chi connectivity index (χ1) is 16.2. The van der Waals surface area contributed by atoms with Crippen molar-refractivity contribution in [2.45, 2.75) is 91.0 Å². The van der Waals surface area contributed by atoms with E-state index in [1.807, 2.05) is 45.0 Å². The molecule has 1 heterocycles. The number of hydrogen-bond donors (Lipinski definition) is 3. The summed E-state index contributed by atoms with van der Waals surface area (Å²) in [6, 6.07) is 8.20. The number of nitriles is 1. The van der Waals surface area contributed by atoms with Crippen molar-refractivity contribution in [1.29, 1.82) is 5.26 Å². The summed E-state index contributed by atoms with van der Waals surface area (Å²) in [4.78, 5) is 41.0. The number of carbonyl (C=O) groups is 3. The van der Waals surface area contributed by atoms with Gasteiger partial charge in [0, 0.05) is 19.5 Å². The number of benzene rings is 1. The molecule has 0 aromatic heterocycles. The Labute approximate surface area is 208 Å². The third-order valence-corrected chi connectivity index (χ3v) is 6.93. The summed E-state index contributed by atoms with van der Waals surface area (Å²) < 4.78 is 0. The Hall–Kier alpha value is -2.92. The maximum absolute atomic E-state index is 13.6. The minimum Gasteiger partial charge on any atom is -0.391 e. The molecule has 0 bridgehead atoms. The Morgan fingerprint density at radius 3 is 2.34 bits per heavy atom. The molecule has 0 radical (unpaired) electrons.